The summed E-state index contributed by atoms with van der Waals surface area (Å²) in [6, 6.07) is 8.10. The molecule has 0 spiro atoms. The molecule has 4 nitrogen and oxygen atoms in total. The molecule has 18 heavy (non-hydrogen) atoms. The van der Waals surface area contributed by atoms with Crippen LogP contribution < -0.4 is 5.32 Å². The molecule has 0 radical (unpaired) electrons. The van der Waals surface area contributed by atoms with Crippen LogP contribution in [0.5, 0.6) is 0 Å². The van der Waals surface area contributed by atoms with Crippen LogP contribution in [0.15, 0.2) is 30.3 Å². The highest BCUT2D eigenvalue weighted by molar-refractivity contribution is 6.64. The monoisotopic (exact) mass is 267 g/mol. The number of halogens is 1. The van der Waals surface area contributed by atoms with Crippen LogP contribution in [0.25, 0.3) is 0 Å². The predicted molar refractivity (Wildman–Crippen MR) is 67.2 cm³/mol. The van der Waals surface area contributed by atoms with Gasteiger partial charge in [0, 0.05) is 6.61 Å². The number of carbonyl (C=O) groups excluding carboxylic acids is 2. The first kappa shape index (κ1) is 13.1. The number of rotatable bonds is 4. The zero-order valence-corrected chi connectivity index (χ0v) is 10.5. The average molecular weight is 268 g/mol. The Morgan fingerprint density at radius 1 is 1.33 bits per heavy atom. The number of amides is 1. The van der Waals surface area contributed by atoms with Gasteiger partial charge in [0.1, 0.15) is 12.1 Å². The second kappa shape index (κ2) is 5.98. The maximum absolute atomic E-state index is 11.9. The first-order valence-corrected chi connectivity index (χ1v) is 6.22. The van der Waals surface area contributed by atoms with Crippen molar-refractivity contribution >= 4 is 22.8 Å². The summed E-state index contributed by atoms with van der Waals surface area (Å²) >= 11 is 5.53. The molecule has 1 fully saturated rings. The number of hydrogen-bond donors (Lipinski definition) is 1. The van der Waals surface area contributed by atoms with E-state index in [1.165, 1.54) is 0 Å². The van der Waals surface area contributed by atoms with Crippen molar-refractivity contribution in [1.29, 1.82) is 0 Å². The van der Waals surface area contributed by atoms with Crippen molar-refractivity contribution in [3.05, 3.63) is 35.9 Å². The molecule has 1 amide bonds. The van der Waals surface area contributed by atoms with Crippen LogP contribution in [0.3, 0.4) is 0 Å². The molecule has 1 N–H and O–H groups in total. The van der Waals surface area contributed by atoms with Gasteiger partial charge in [-0.2, -0.15) is 0 Å². The van der Waals surface area contributed by atoms with Gasteiger partial charge in [-0.15, -0.1) is 0 Å². The number of nitrogens with one attached hydrogen (secondary N) is 1. The highest BCUT2D eigenvalue weighted by Gasteiger charge is 2.28. The molecule has 1 aliphatic rings. The SMILES string of the molecule is O=C(NC(C(=O)Cl)c1ccccc1)C1CCCO1. The fourth-order valence-corrected chi connectivity index (χ4v) is 2.12. The Balaban J connectivity index is 2.07. The molecule has 1 heterocycles. The summed E-state index contributed by atoms with van der Waals surface area (Å²) in [7, 11) is 0. The van der Waals surface area contributed by atoms with Crippen molar-refractivity contribution < 1.29 is 14.3 Å². The molecule has 0 aliphatic carbocycles. The number of hydrogen-bond acceptors (Lipinski definition) is 3. The fraction of sp³-hybridized carbons (Fsp3) is 0.385. The third kappa shape index (κ3) is 3.09. The van der Waals surface area contributed by atoms with Crippen LogP contribution >= 0.6 is 11.6 Å². The summed E-state index contributed by atoms with van der Waals surface area (Å²) in [6.07, 6.45) is 1.08. The lowest BCUT2D eigenvalue weighted by Gasteiger charge is -2.17. The zero-order chi connectivity index (χ0) is 13.0. The lowest BCUT2D eigenvalue weighted by Crippen LogP contribution is -2.38. The van der Waals surface area contributed by atoms with Gasteiger partial charge in [0.15, 0.2) is 0 Å². The summed E-state index contributed by atoms with van der Waals surface area (Å²) in [5.74, 6) is -0.282. The van der Waals surface area contributed by atoms with E-state index < -0.39 is 17.4 Å². The molecule has 1 aromatic carbocycles. The topological polar surface area (TPSA) is 55.4 Å². The molecule has 0 bridgehead atoms. The lowest BCUT2D eigenvalue weighted by atomic mass is 10.1. The minimum atomic E-state index is -0.815. The Hall–Kier alpha value is -1.39. The van der Waals surface area contributed by atoms with Crippen LogP contribution in [-0.4, -0.2) is 23.9 Å². The van der Waals surface area contributed by atoms with E-state index in [2.05, 4.69) is 5.32 Å². The van der Waals surface area contributed by atoms with Gasteiger partial charge < -0.3 is 10.1 Å². The summed E-state index contributed by atoms with van der Waals surface area (Å²) in [4.78, 5) is 23.3. The van der Waals surface area contributed by atoms with Crippen LogP contribution in [0.1, 0.15) is 24.4 Å². The molecular weight excluding hydrogens is 254 g/mol. The van der Waals surface area contributed by atoms with Gasteiger partial charge in [0.05, 0.1) is 0 Å². The highest BCUT2D eigenvalue weighted by Crippen LogP contribution is 2.18. The summed E-state index contributed by atoms with van der Waals surface area (Å²) in [6.45, 7) is 0.586. The van der Waals surface area contributed by atoms with Gasteiger partial charge in [-0.1, -0.05) is 30.3 Å². The Bertz CT molecular complexity index is 429. The van der Waals surface area contributed by atoms with Crippen LogP contribution in [0.4, 0.5) is 0 Å². The van der Waals surface area contributed by atoms with E-state index in [1.54, 1.807) is 24.3 Å². The molecule has 2 unspecified atom stereocenters. The maximum Gasteiger partial charge on any atom is 0.250 e. The summed E-state index contributed by atoms with van der Waals surface area (Å²) in [5.41, 5.74) is 0.670. The van der Waals surface area contributed by atoms with Crippen molar-refractivity contribution in [2.75, 3.05) is 6.61 Å². The second-order valence-electron chi connectivity index (χ2n) is 4.16. The smallest absolute Gasteiger partial charge is 0.250 e. The molecule has 96 valence electrons. The Morgan fingerprint density at radius 3 is 2.61 bits per heavy atom. The second-order valence-corrected chi connectivity index (χ2v) is 4.53. The van der Waals surface area contributed by atoms with E-state index in [0.29, 0.717) is 18.6 Å². The standard InChI is InChI=1S/C13H14ClNO3/c14-12(16)11(9-5-2-1-3-6-9)15-13(17)10-7-4-8-18-10/h1-3,5-6,10-11H,4,7-8H2,(H,15,17). The van der Waals surface area contributed by atoms with Crippen molar-refractivity contribution in [3.63, 3.8) is 0 Å². The van der Waals surface area contributed by atoms with Gasteiger partial charge in [0.2, 0.25) is 11.1 Å². The normalized spacial score (nSPS) is 20.4. The third-order valence-electron chi connectivity index (χ3n) is 2.87. The first-order chi connectivity index (χ1) is 8.68. The molecule has 1 saturated heterocycles. The van der Waals surface area contributed by atoms with E-state index in [4.69, 9.17) is 16.3 Å². The summed E-state index contributed by atoms with van der Waals surface area (Å²) < 4.78 is 5.26. The van der Waals surface area contributed by atoms with E-state index in [1.807, 2.05) is 6.07 Å². The molecule has 0 aromatic heterocycles. The Kier molecular flexibility index (Phi) is 4.33. The largest absolute Gasteiger partial charge is 0.368 e. The van der Waals surface area contributed by atoms with Crippen LogP contribution in [-0.2, 0) is 14.3 Å². The molecule has 1 aromatic rings. The lowest BCUT2D eigenvalue weighted by molar-refractivity contribution is -0.132. The molecule has 1 aliphatic heterocycles. The van der Waals surface area contributed by atoms with Crippen LogP contribution in [0.2, 0.25) is 0 Å². The van der Waals surface area contributed by atoms with Gasteiger partial charge in [-0.25, -0.2) is 0 Å². The molecule has 5 heteroatoms. The predicted octanol–water partition coefficient (Wildman–Crippen LogP) is 1.79. The molecule has 2 rings (SSSR count). The van der Waals surface area contributed by atoms with E-state index >= 15 is 0 Å². The average Bonchev–Trinajstić information content (AvgIpc) is 2.90. The van der Waals surface area contributed by atoms with Gasteiger partial charge in [0.25, 0.3) is 0 Å². The highest BCUT2D eigenvalue weighted by atomic mass is 35.5. The van der Waals surface area contributed by atoms with Gasteiger partial charge in [-0.3, -0.25) is 9.59 Å². The van der Waals surface area contributed by atoms with Gasteiger partial charge in [-0.05, 0) is 30.0 Å². The number of ether oxygens (including phenoxy) is 1. The number of benzene rings is 1. The Labute approximate surface area is 110 Å². The van der Waals surface area contributed by atoms with Crippen LogP contribution in [0, 0.1) is 0 Å². The number of carbonyl (C=O) groups is 2. The molecular formula is C13H14ClNO3. The minimum Gasteiger partial charge on any atom is -0.368 e. The van der Waals surface area contributed by atoms with E-state index in [0.717, 1.165) is 6.42 Å². The van der Waals surface area contributed by atoms with E-state index in [9.17, 15) is 9.59 Å². The first-order valence-electron chi connectivity index (χ1n) is 5.85. The Morgan fingerprint density at radius 2 is 2.06 bits per heavy atom. The minimum absolute atomic E-state index is 0.282. The third-order valence-corrected chi connectivity index (χ3v) is 3.09. The molecule has 0 saturated carbocycles. The van der Waals surface area contributed by atoms with Crippen molar-refractivity contribution in [2.45, 2.75) is 25.0 Å². The molecule has 2 atom stereocenters. The van der Waals surface area contributed by atoms with Crippen molar-refractivity contribution in [3.8, 4) is 0 Å². The fourth-order valence-electron chi connectivity index (χ4n) is 1.94. The van der Waals surface area contributed by atoms with Gasteiger partial charge >= 0.3 is 0 Å². The summed E-state index contributed by atoms with van der Waals surface area (Å²) in [5, 5.41) is 2.03. The van der Waals surface area contributed by atoms with Crippen molar-refractivity contribution in [2.24, 2.45) is 0 Å². The zero-order valence-electron chi connectivity index (χ0n) is 9.77. The van der Waals surface area contributed by atoms with E-state index in [-0.39, 0.29) is 5.91 Å². The quantitative estimate of drug-likeness (QED) is 0.846. The maximum atomic E-state index is 11.9. The van der Waals surface area contributed by atoms with Crippen molar-refractivity contribution in [1.82, 2.24) is 5.32 Å².